The smallest absolute Gasteiger partial charge is 0.242 e. The number of aliphatic imine (C=N–C) groups is 1. The van der Waals surface area contributed by atoms with Crippen molar-refractivity contribution in [3.8, 4) is 5.75 Å². The third-order valence-electron chi connectivity index (χ3n) is 5.21. The first kappa shape index (κ1) is 23.7. The normalized spacial score (nSPS) is 17.9. The van der Waals surface area contributed by atoms with Gasteiger partial charge in [0.1, 0.15) is 12.3 Å². The van der Waals surface area contributed by atoms with Crippen LogP contribution in [0.5, 0.6) is 5.75 Å². The van der Waals surface area contributed by atoms with E-state index in [2.05, 4.69) is 38.0 Å². The number of methoxy groups -OCH3 is 1. The van der Waals surface area contributed by atoms with Crippen molar-refractivity contribution in [2.45, 2.75) is 44.7 Å². The van der Waals surface area contributed by atoms with Gasteiger partial charge in [-0.2, -0.15) is 0 Å². The van der Waals surface area contributed by atoms with Crippen LogP contribution >= 0.6 is 24.0 Å². The number of carbonyl (C=O) groups is 1. The summed E-state index contributed by atoms with van der Waals surface area (Å²) in [5.74, 6) is 1.55. The molecule has 162 valence electrons. The minimum atomic E-state index is -0.00838. The first-order valence-corrected chi connectivity index (χ1v) is 10.4. The molecule has 29 heavy (non-hydrogen) atoms. The average molecular weight is 515 g/mol. The van der Waals surface area contributed by atoms with Crippen molar-refractivity contribution >= 4 is 35.8 Å². The van der Waals surface area contributed by atoms with Gasteiger partial charge in [0.05, 0.1) is 13.2 Å². The second-order valence-corrected chi connectivity index (χ2v) is 7.45. The van der Waals surface area contributed by atoms with Gasteiger partial charge in [0.2, 0.25) is 5.91 Å². The minimum Gasteiger partial charge on any atom is -0.497 e. The molecular formula is C21H34IN5O2. The van der Waals surface area contributed by atoms with Gasteiger partial charge < -0.3 is 20.7 Å². The molecule has 1 aromatic carbocycles. The van der Waals surface area contributed by atoms with Crippen LogP contribution in [0.3, 0.4) is 0 Å². The third kappa shape index (κ3) is 7.65. The zero-order chi connectivity index (χ0) is 19.8. The van der Waals surface area contributed by atoms with E-state index < -0.39 is 0 Å². The molecule has 7 nitrogen and oxygen atoms in total. The molecule has 3 rings (SSSR count). The summed E-state index contributed by atoms with van der Waals surface area (Å²) in [5.41, 5.74) is 1.26. The number of halogens is 1. The predicted molar refractivity (Wildman–Crippen MR) is 127 cm³/mol. The Morgan fingerprint density at radius 2 is 1.90 bits per heavy atom. The maximum absolute atomic E-state index is 11.9. The number of likely N-dealkylation sites (tertiary alicyclic amines) is 1. The quantitative estimate of drug-likeness (QED) is 0.267. The van der Waals surface area contributed by atoms with Crippen LogP contribution in [0, 0.1) is 0 Å². The largest absolute Gasteiger partial charge is 0.497 e. The summed E-state index contributed by atoms with van der Waals surface area (Å²) in [6.07, 6.45) is 4.66. The number of nitrogens with zero attached hydrogens (tertiary/aromatic N) is 2. The van der Waals surface area contributed by atoms with Crippen LogP contribution in [0.2, 0.25) is 0 Å². The highest BCUT2D eigenvalue weighted by atomic mass is 127. The standard InChI is InChI=1S/C21H33N5O2.HI/c1-3-22-21(24-15-20(27)25-17-8-9-17)23-14-19(26-12-4-5-13-26)16-6-10-18(28-2)11-7-16;/h6-7,10-11,17,19H,3-5,8-9,12-15H2,1-2H3,(H,25,27)(H2,22,23,24);1H. The number of hydrogen-bond acceptors (Lipinski definition) is 4. The second kappa shape index (κ2) is 12.2. The van der Waals surface area contributed by atoms with Crippen molar-refractivity contribution in [3.63, 3.8) is 0 Å². The summed E-state index contributed by atoms with van der Waals surface area (Å²) in [6.45, 7) is 5.90. The summed E-state index contributed by atoms with van der Waals surface area (Å²) in [7, 11) is 1.69. The maximum atomic E-state index is 11.9. The summed E-state index contributed by atoms with van der Waals surface area (Å²) < 4.78 is 5.29. The minimum absolute atomic E-state index is 0. The molecule has 0 aromatic heterocycles. The number of rotatable bonds is 9. The Balaban J connectivity index is 0.00000300. The van der Waals surface area contributed by atoms with Gasteiger partial charge in [-0.05, 0) is 63.4 Å². The summed E-state index contributed by atoms with van der Waals surface area (Å²) >= 11 is 0. The van der Waals surface area contributed by atoms with E-state index in [0.717, 1.165) is 44.8 Å². The number of carbonyl (C=O) groups excluding carboxylic acids is 1. The lowest BCUT2D eigenvalue weighted by molar-refractivity contribution is -0.119. The van der Waals surface area contributed by atoms with Crippen LogP contribution in [0.1, 0.15) is 44.2 Å². The van der Waals surface area contributed by atoms with Gasteiger partial charge in [-0.1, -0.05) is 12.1 Å². The molecule has 1 unspecified atom stereocenters. The van der Waals surface area contributed by atoms with Gasteiger partial charge in [-0.15, -0.1) is 24.0 Å². The molecule has 0 radical (unpaired) electrons. The second-order valence-electron chi connectivity index (χ2n) is 7.45. The fourth-order valence-electron chi connectivity index (χ4n) is 3.52. The van der Waals surface area contributed by atoms with Crippen molar-refractivity contribution < 1.29 is 9.53 Å². The van der Waals surface area contributed by atoms with Crippen molar-refractivity contribution in [1.29, 1.82) is 0 Å². The molecule has 1 amide bonds. The molecule has 1 atom stereocenters. The summed E-state index contributed by atoms with van der Waals surface area (Å²) in [4.78, 5) is 18.9. The number of ether oxygens (including phenoxy) is 1. The number of amides is 1. The molecule has 8 heteroatoms. The van der Waals surface area contributed by atoms with Gasteiger partial charge in [-0.25, -0.2) is 4.99 Å². The van der Waals surface area contributed by atoms with E-state index in [9.17, 15) is 4.79 Å². The monoisotopic (exact) mass is 515 g/mol. The van der Waals surface area contributed by atoms with Crippen LogP contribution in [-0.4, -0.2) is 62.6 Å². The molecule has 1 aliphatic carbocycles. The fraction of sp³-hybridized carbons (Fsp3) is 0.619. The Hall–Kier alpha value is -1.55. The highest BCUT2D eigenvalue weighted by Gasteiger charge is 2.24. The van der Waals surface area contributed by atoms with Crippen molar-refractivity contribution in [1.82, 2.24) is 20.9 Å². The Morgan fingerprint density at radius 3 is 2.48 bits per heavy atom. The first-order valence-electron chi connectivity index (χ1n) is 10.4. The van der Waals surface area contributed by atoms with E-state index in [1.807, 2.05) is 19.1 Å². The number of nitrogens with one attached hydrogen (secondary N) is 3. The summed E-state index contributed by atoms with van der Waals surface area (Å²) in [6, 6.07) is 8.93. The predicted octanol–water partition coefficient (Wildman–Crippen LogP) is 2.28. The highest BCUT2D eigenvalue weighted by Crippen LogP contribution is 2.26. The SMILES string of the molecule is CCNC(=NCC(=O)NC1CC1)NCC(c1ccc(OC)cc1)N1CCCC1.I. The fourth-order valence-corrected chi connectivity index (χ4v) is 3.52. The van der Waals surface area contributed by atoms with Gasteiger partial charge in [0, 0.05) is 19.1 Å². The molecule has 2 fully saturated rings. The van der Waals surface area contributed by atoms with Crippen LogP contribution < -0.4 is 20.7 Å². The molecule has 1 heterocycles. The molecule has 1 aliphatic heterocycles. The lowest BCUT2D eigenvalue weighted by atomic mass is 10.1. The molecule has 0 spiro atoms. The van der Waals surface area contributed by atoms with Crippen molar-refractivity contribution in [2.75, 3.05) is 39.8 Å². The van der Waals surface area contributed by atoms with E-state index in [4.69, 9.17) is 4.74 Å². The van der Waals surface area contributed by atoms with Gasteiger partial charge >= 0.3 is 0 Å². The Kier molecular flexibility index (Phi) is 9.99. The van der Waals surface area contributed by atoms with Crippen molar-refractivity contribution in [3.05, 3.63) is 29.8 Å². The van der Waals surface area contributed by atoms with Gasteiger partial charge in [0.25, 0.3) is 0 Å². The van der Waals surface area contributed by atoms with Gasteiger partial charge in [-0.3, -0.25) is 9.69 Å². The lowest BCUT2D eigenvalue weighted by Crippen LogP contribution is -2.43. The number of guanidine groups is 1. The van der Waals surface area contributed by atoms with Gasteiger partial charge in [0.15, 0.2) is 5.96 Å². The first-order chi connectivity index (χ1) is 13.7. The molecule has 2 aliphatic rings. The molecule has 3 N–H and O–H groups in total. The third-order valence-corrected chi connectivity index (χ3v) is 5.21. The Labute approximate surface area is 191 Å². The van der Waals surface area contributed by atoms with E-state index in [1.54, 1.807) is 7.11 Å². The Bertz CT molecular complexity index is 658. The highest BCUT2D eigenvalue weighted by molar-refractivity contribution is 14.0. The topological polar surface area (TPSA) is 78.0 Å². The zero-order valence-electron chi connectivity index (χ0n) is 17.4. The van der Waals surface area contributed by atoms with Crippen molar-refractivity contribution in [2.24, 2.45) is 4.99 Å². The van der Waals surface area contributed by atoms with E-state index in [1.165, 1.54) is 18.4 Å². The molecule has 1 aromatic rings. The van der Waals surface area contributed by atoms with E-state index in [-0.39, 0.29) is 42.5 Å². The number of hydrogen-bond donors (Lipinski definition) is 3. The van der Waals surface area contributed by atoms with E-state index in [0.29, 0.717) is 12.0 Å². The molecular weight excluding hydrogens is 481 g/mol. The molecule has 0 bridgehead atoms. The number of benzene rings is 1. The van der Waals surface area contributed by atoms with E-state index >= 15 is 0 Å². The van der Waals surface area contributed by atoms with Crippen LogP contribution in [0.25, 0.3) is 0 Å². The summed E-state index contributed by atoms with van der Waals surface area (Å²) in [5, 5.41) is 9.65. The van der Waals surface area contributed by atoms with Crippen LogP contribution in [0.15, 0.2) is 29.3 Å². The molecule has 1 saturated heterocycles. The van der Waals surface area contributed by atoms with Crippen LogP contribution in [-0.2, 0) is 4.79 Å². The zero-order valence-corrected chi connectivity index (χ0v) is 19.8. The lowest BCUT2D eigenvalue weighted by Gasteiger charge is -2.29. The van der Waals surface area contributed by atoms with Crippen LogP contribution in [0.4, 0.5) is 0 Å². The molecule has 1 saturated carbocycles. The Morgan fingerprint density at radius 1 is 1.21 bits per heavy atom. The average Bonchev–Trinajstić information content (AvgIpc) is 3.36. The maximum Gasteiger partial charge on any atom is 0.242 e.